The van der Waals surface area contributed by atoms with Crippen molar-refractivity contribution in [2.45, 2.75) is 52.7 Å². The number of hydrogen-bond acceptors (Lipinski definition) is 3. The van der Waals surface area contributed by atoms with Crippen LogP contribution in [0, 0.1) is 5.41 Å². The smallest absolute Gasteiger partial charge is 0.118 e. The van der Waals surface area contributed by atoms with E-state index < -0.39 is 0 Å². The summed E-state index contributed by atoms with van der Waals surface area (Å²) >= 11 is 0. The predicted octanol–water partition coefficient (Wildman–Crippen LogP) is 3.29. The summed E-state index contributed by atoms with van der Waals surface area (Å²) in [6.45, 7) is 12.5. The predicted molar refractivity (Wildman–Crippen MR) is 88.7 cm³/mol. The number of methoxy groups -OCH3 is 1. The topological polar surface area (TPSA) is 24.5 Å². The highest BCUT2D eigenvalue weighted by atomic mass is 16.5. The molecule has 2 atom stereocenters. The molecule has 1 aromatic carbocycles. The van der Waals surface area contributed by atoms with Crippen molar-refractivity contribution in [1.29, 1.82) is 0 Å². The van der Waals surface area contributed by atoms with Crippen LogP contribution in [-0.4, -0.2) is 37.2 Å². The summed E-state index contributed by atoms with van der Waals surface area (Å²) < 4.78 is 5.24. The van der Waals surface area contributed by atoms with Crippen molar-refractivity contribution in [3.63, 3.8) is 0 Å². The zero-order valence-electron chi connectivity index (χ0n) is 14.1. The fourth-order valence-electron chi connectivity index (χ4n) is 3.00. The molecule has 1 saturated heterocycles. The number of nitrogens with one attached hydrogen (secondary N) is 1. The molecule has 2 unspecified atom stereocenters. The molecule has 1 fully saturated rings. The summed E-state index contributed by atoms with van der Waals surface area (Å²) in [5.41, 5.74) is 1.67. The first kappa shape index (κ1) is 16.3. The van der Waals surface area contributed by atoms with Crippen molar-refractivity contribution < 1.29 is 4.74 Å². The molecule has 0 bridgehead atoms. The van der Waals surface area contributed by atoms with Crippen LogP contribution in [0.2, 0.25) is 0 Å². The maximum atomic E-state index is 5.24. The van der Waals surface area contributed by atoms with Gasteiger partial charge in [0.25, 0.3) is 0 Å². The van der Waals surface area contributed by atoms with Crippen LogP contribution in [0.3, 0.4) is 0 Å². The molecule has 0 saturated carbocycles. The summed E-state index contributed by atoms with van der Waals surface area (Å²) in [6, 6.07) is 9.66. The molecule has 0 amide bonds. The normalized spacial score (nSPS) is 24.0. The Morgan fingerprint density at radius 2 is 1.90 bits per heavy atom. The van der Waals surface area contributed by atoms with E-state index in [0.29, 0.717) is 17.5 Å². The highest BCUT2D eigenvalue weighted by Crippen LogP contribution is 2.25. The largest absolute Gasteiger partial charge is 0.497 e. The molecule has 3 heteroatoms. The summed E-state index contributed by atoms with van der Waals surface area (Å²) in [6.07, 6.45) is 1.19. The van der Waals surface area contributed by atoms with Crippen LogP contribution in [0.25, 0.3) is 0 Å². The average Bonchev–Trinajstić information content (AvgIpc) is 2.47. The molecule has 21 heavy (non-hydrogen) atoms. The van der Waals surface area contributed by atoms with E-state index in [4.69, 9.17) is 4.74 Å². The van der Waals surface area contributed by atoms with E-state index in [1.807, 2.05) is 0 Å². The molecule has 1 heterocycles. The number of nitrogens with zero attached hydrogens (tertiary/aromatic N) is 1. The number of benzene rings is 1. The van der Waals surface area contributed by atoms with Gasteiger partial charge in [0.2, 0.25) is 0 Å². The van der Waals surface area contributed by atoms with Crippen LogP contribution in [0.4, 0.5) is 0 Å². The average molecular weight is 290 g/mol. The van der Waals surface area contributed by atoms with Gasteiger partial charge < -0.3 is 10.1 Å². The van der Waals surface area contributed by atoms with Crippen LogP contribution >= 0.6 is 0 Å². The second kappa shape index (κ2) is 6.80. The van der Waals surface area contributed by atoms with Crippen molar-refractivity contribution in [1.82, 2.24) is 10.2 Å². The lowest BCUT2D eigenvalue weighted by Crippen LogP contribution is -2.59. The number of rotatable bonds is 4. The van der Waals surface area contributed by atoms with E-state index in [-0.39, 0.29) is 0 Å². The van der Waals surface area contributed by atoms with Crippen molar-refractivity contribution in [2.24, 2.45) is 5.41 Å². The molecule has 1 aromatic rings. The van der Waals surface area contributed by atoms with Gasteiger partial charge in [-0.3, -0.25) is 4.90 Å². The molecule has 0 spiro atoms. The first-order valence-electron chi connectivity index (χ1n) is 8.04. The van der Waals surface area contributed by atoms with Gasteiger partial charge in [0.15, 0.2) is 0 Å². The third-order valence-electron chi connectivity index (χ3n) is 4.59. The highest BCUT2D eigenvalue weighted by molar-refractivity contribution is 5.27. The second-order valence-corrected chi connectivity index (χ2v) is 7.17. The molecule has 0 radical (unpaired) electrons. The molecular formula is C18H30N2O. The zero-order chi connectivity index (χ0) is 15.5. The number of ether oxygens (including phenoxy) is 1. The maximum absolute atomic E-state index is 5.24. The minimum atomic E-state index is 0.302. The Hall–Kier alpha value is -1.06. The fraction of sp³-hybridized carbons (Fsp3) is 0.667. The Bertz CT molecular complexity index is 436. The quantitative estimate of drug-likeness (QED) is 0.921. The van der Waals surface area contributed by atoms with E-state index in [0.717, 1.165) is 25.4 Å². The minimum Gasteiger partial charge on any atom is -0.497 e. The van der Waals surface area contributed by atoms with Gasteiger partial charge in [-0.05, 0) is 29.5 Å². The van der Waals surface area contributed by atoms with Crippen LogP contribution < -0.4 is 10.1 Å². The minimum absolute atomic E-state index is 0.302. The first-order chi connectivity index (χ1) is 9.94. The van der Waals surface area contributed by atoms with Crippen molar-refractivity contribution in [3.8, 4) is 5.75 Å². The lowest BCUT2D eigenvalue weighted by molar-refractivity contribution is 0.0775. The molecule has 0 aliphatic carbocycles. The number of hydrogen-bond donors (Lipinski definition) is 1. The fourth-order valence-corrected chi connectivity index (χ4v) is 3.00. The standard InChI is InChI=1S/C18H30N2O/c1-6-15-11-19-17(18(2,3)4)13-20(15)12-14-7-9-16(21-5)10-8-14/h7-10,15,17,19H,6,11-13H2,1-5H3. The third-order valence-corrected chi connectivity index (χ3v) is 4.59. The second-order valence-electron chi connectivity index (χ2n) is 7.17. The molecule has 118 valence electrons. The molecular weight excluding hydrogens is 260 g/mol. The van der Waals surface area contributed by atoms with Gasteiger partial charge in [-0.25, -0.2) is 0 Å². The van der Waals surface area contributed by atoms with Gasteiger partial charge in [-0.1, -0.05) is 39.8 Å². The SMILES string of the molecule is CCC1CNC(C(C)(C)C)CN1Cc1ccc(OC)cc1. The summed E-state index contributed by atoms with van der Waals surface area (Å²) in [4.78, 5) is 2.63. The summed E-state index contributed by atoms with van der Waals surface area (Å²) in [7, 11) is 1.71. The Morgan fingerprint density at radius 1 is 1.24 bits per heavy atom. The van der Waals surface area contributed by atoms with Gasteiger partial charge in [-0.2, -0.15) is 0 Å². The lowest BCUT2D eigenvalue weighted by Gasteiger charge is -2.45. The molecule has 1 N–H and O–H groups in total. The van der Waals surface area contributed by atoms with E-state index >= 15 is 0 Å². The molecule has 1 aliphatic rings. The van der Waals surface area contributed by atoms with Crippen molar-refractivity contribution in [3.05, 3.63) is 29.8 Å². The van der Waals surface area contributed by atoms with Gasteiger partial charge in [0.05, 0.1) is 7.11 Å². The van der Waals surface area contributed by atoms with Crippen molar-refractivity contribution >= 4 is 0 Å². The van der Waals surface area contributed by atoms with Gasteiger partial charge >= 0.3 is 0 Å². The van der Waals surface area contributed by atoms with Crippen LogP contribution in [0.1, 0.15) is 39.7 Å². The Morgan fingerprint density at radius 3 is 2.43 bits per heavy atom. The monoisotopic (exact) mass is 290 g/mol. The molecule has 3 nitrogen and oxygen atoms in total. The lowest BCUT2D eigenvalue weighted by atomic mass is 9.84. The van der Waals surface area contributed by atoms with E-state index in [2.05, 4.69) is 62.2 Å². The van der Waals surface area contributed by atoms with E-state index in [1.54, 1.807) is 7.11 Å². The Balaban J connectivity index is 2.06. The zero-order valence-corrected chi connectivity index (χ0v) is 14.1. The first-order valence-corrected chi connectivity index (χ1v) is 8.04. The third kappa shape index (κ3) is 4.21. The molecule has 2 rings (SSSR count). The summed E-state index contributed by atoms with van der Waals surface area (Å²) in [5, 5.41) is 3.73. The van der Waals surface area contributed by atoms with Crippen LogP contribution in [0.5, 0.6) is 5.75 Å². The van der Waals surface area contributed by atoms with E-state index in [1.165, 1.54) is 12.0 Å². The van der Waals surface area contributed by atoms with Gasteiger partial charge in [-0.15, -0.1) is 0 Å². The Kier molecular flexibility index (Phi) is 5.28. The summed E-state index contributed by atoms with van der Waals surface area (Å²) in [5.74, 6) is 0.929. The van der Waals surface area contributed by atoms with Crippen LogP contribution in [0.15, 0.2) is 24.3 Å². The van der Waals surface area contributed by atoms with E-state index in [9.17, 15) is 0 Å². The molecule has 1 aliphatic heterocycles. The van der Waals surface area contributed by atoms with Gasteiger partial charge in [0.1, 0.15) is 5.75 Å². The Labute approximate surface area is 129 Å². The maximum Gasteiger partial charge on any atom is 0.118 e. The molecule has 0 aromatic heterocycles. The van der Waals surface area contributed by atoms with Crippen molar-refractivity contribution in [2.75, 3.05) is 20.2 Å². The highest BCUT2D eigenvalue weighted by Gasteiger charge is 2.33. The number of piperazine rings is 1. The van der Waals surface area contributed by atoms with Gasteiger partial charge in [0, 0.05) is 31.7 Å². The van der Waals surface area contributed by atoms with Crippen LogP contribution in [-0.2, 0) is 6.54 Å².